The highest BCUT2D eigenvalue weighted by atomic mass is 16.6. The Morgan fingerprint density at radius 2 is 2.00 bits per heavy atom. The van der Waals surface area contributed by atoms with E-state index in [2.05, 4.69) is 10.3 Å². The minimum absolute atomic E-state index is 0.00962. The van der Waals surface area contributed by atoms with Gasteiger partial charge in [0.2, 0.25) is 0 Å². The van der Waals surface area contributed by atoms with Crippen molar-refractivity contribution >= 4 is 11.4 Å². The van der Waals surface area contributed by atoms with E-state index in [1.807, 2.05) is 31.2 Å². The summed E-state index contributed by atoms with van der Waals surface area (Å²) in [5.74, 6) is 0. The lowest BCUT2D eigenvalue weighted by Crippen LogP contribution is -2.02. The fourth-order valence-corrected chi connectivity index (χ4v) is 1.58. The summed E-state index contributed by atoms with van der Waals surface area (Å²) in [6.45, 7) is 2.57. The quantitative estimate of drug-likeness (QED) is 0.662. The maximum Gasteiger partial charge on any atom is 0.310 e. The zero-order valence-electron chi connectivity index (χ0n) is 9.96. The highest BCUT2D eigenvalue weighted by Crippen LogP contribution is 2.22. The summed E-state index contributed by atoms with van der Waals surface area (Å²) in [5.41, 5.74) is 2.74. The molecular weight excluding hydrogens is 230 g/mol. The zero-order valence-corrected chi connectivity index (χ0v) is 9.96. The van der Waals surface area contributed by atoms with Crippen LogP contribution in [0, 0.1) is 17.0 Å². The molecule has 0 atom stereocenters. The van der Waals surface area contributed by atoms with Gasteiger partial charge in [-0.1, -0.05) is 29.8 Å². The van der Waals surface area contributed by atoms with Crippen LogP contribution in [-0.4, -0.2) is 9.91 Å². The van der Waals surface area contributed by atoms with E-state index >= 15 is 0 Å². The van der Waals surface area contributed by atoms with E-state index < -0.39 is 4.92 Å². The van der Waals surface area contributed by atoms with Crippen molar-refractivity contribution in [2.45, 2.75) is 13.5 Å². The Hall–Kier alpha value is -2.43. The standard InChI is InChI=1S/C13H13N3O2/c1-10-2-4-11(5-3-10)8-15-12-6-7-14-9-13(12)16(17)18/h2-7,9H,8H2,1H3,(H,14,15). The molecule has 0 saturated heterocycles. The number of hydrogen-bond acceptors (Lipinski definition) is 4. The van der Waals surface area contributed by atoms with Crippen LogP contribution in [0.5, 0.6) is 0 Å². The number of benzene rings is 1. The average Bonchev–Trinajstić information content (AvgIpc) is 2.38. The summed E-state index contributed by atoms with van der Waals surface area (Å²) in [4.78, 5) is 14.1. The van der Waals surface area contributed by atoms with Gasteiger partial charge in [0.05, 0.1) is 4.92 Å². The largest absolute Gasteiger partial charge is 0.375 e. The van der Waals surface area contributed by atoms with Gasteiger partial charge in [-0.15, -0.1) is 0 Å². The van der Waals surface area contributed by atoms with E-state index in [1.165, 1.54) is 18.0 Å². The first-order valence-corrected chi connectivity index (χ1v) is 5.54. The second-order valence-electron chi connectivity index (χ2n) is 3.99. The van der Waals surface area contributed by atoms with Gasteiger partial charge in [0.1, 0.15) is 11.9 Å². The molecule has 0 radical (unpaired) electrons. The molecule has 0 fully saturated rings. The molecule has 0 aliphatic heterocycles. The van der Waals surface area contributed by atoms with Crippen LogP contribution >= 0.6 is 0 Å². The van der Waals surface area contributed by atoms with Gasteiger partial charge in [0, 0.05) is 12.7 Å². The molecule has 92 valence electrons. The van der Waals surface area contributed by atoms with Gasteiger partial charge in [-0.3, -0.25) is 15.1 Å². The summed E-state index contributed by atoms with van der Waals surface area (Å²) in [6.07, 6.45) is 2.78. The maximum atomic E-state index is 10.8. The molecule has 0 spiro atoms. The first-order chi connectivity index (χ1) is 8.66. The fourth-order valence-electron chi connectivity index (χ4n) is 1.58. The number of aromatic nitrogens is 1. The van der Waals surface area contributed by atoms with Crippen molar-refractivity contribution in [1.82, 2.24) is 4.98 Å². The number of aryl methyl sites for hydroxylation is 1. The minimum atomic E-state index is -0.440. The number of rotatable bonds is 4. The summed E-state index contributed by atoms with van der Waals surface area (Å²) in [5, 5.41) is 13.9. The van der Waals surface area contributed by atoms with Crippen LogP contribution in [0.25, 0.3) is 0 Å². The van der Waals surface area contributed by atoms with E-state index in [0.717, 1.165) is 5.56 Å². The van der Waals surface area contributed by atoms with Gasteiger partial charge in [0.25, 0.3) is 0 Å². The van der Waals surface area contributed by atoms with Crippen molar-refractivity contribution in [3.63, 3.8) is 0 Å². The second-order valence-corrected chi connectivity index (χ2v) is 3.99. The predicted octanol–water partition coefficient (Wildman–Crippen LogP) is 2.91. The number of nitrogens with zero attached hydrogens (tertiary/aromatic N) is 2. The van der Waals surface area contributed by atoms with E-state index in [-0.39, 0.29) is 5.69 Å². The van der Waals surface area contributed by atoms with Crippen LogP contribution in [0.3, 0.4) is 0 Å². The number of nitro groups is 1. The third-order valence-corrected chi connectivity index (χ3v) is 2.60. The molecule has 0 unspecified atom stereocenters. The van der Waals surface area contributed by atoms with E-state index in [1.54, 1.807) is 6.07 Å². The SMILES string of the molecule is Cc1ccc(CNc2ccncc2[N+](=O)[O-])cc1. The molecule has 0 aliphatic carbocycles. The highest BCUT2D eigenvalue weighted by Gasteiger charge is 2.12. The van der Waals surface area contributed by atoms with Crippen molar-refractivity contribution in [3.05, 3.63) is 64.0 Å². The molecule has 5 nitrogen and oxygen atoms in total. The van der Waals surface area contributed by atoms with Gasteiger partial charge >= 0.3 is 5.69 Å². The van der Waals surface area contributed by atoms with Gasteiger partial charge < -0.3 is 5.32 Å². The molecule has 18 heavy (non-hydrogen) atoms. The first kappa shape index (κ1) is 12.0. The predicted molar refractivity (Wildman–Crippen MR) is 69.4 cm³/mol. The van der Waals surface area contributed by atoms with Gasteiger partial charge in [-0.25, -0.2) is 0 Å². The van der Waals surface area contributed by atoms with Gasteiger partial charge in [-0.05, 0) is 18.6 Å². The van der Waals surface area contributed by atoms with Crippen molar-refractivity contribution < 1.29 is 4.92 Å². The van der Waals surface area contributed by atoms with Crippen molar-refractivity contribution in [2.24, 2.45) is 0 Å². The monoisotopic (exact) mass is 243 g/mol. The molecule has 0 saturated carbocycles. The molecule has 0 amide bonds. The Bertz CT molecular complexity index is 552. The lowest BCUT2D eigenvalue weighted by Gasteiger charge is -2.06. The van der Waals surface area contributed by atoms with Gasteiger partial charge in [-0.2, -0.15) is 0 Å². The topological polar surface area (TPSA) is 68.1 Å². The zero-order chi connectivity index (χ0) is 13.0. The number of nitrogens with one attached hydrogen (secondary N) is 1. The lowest BCUT2D eigenvalue weighted by atomic mass is 10.1. The summed E-state index contributed by atoms with van der Waals surface area (Å²) < 4.78 is 0. The molecular formula is C13H13N3O2. The maximum absolute atomic E-state index is 10.8. The normalized spacial score (nSPS) is 10.1. The Morgan fingerprint density at radius 3 is 2.67 bits per heavy atom. The van der Waals surface area contributed by atoms with E-state index in [9.17, 15) is 10.1 Å². The average molecular weight is 243 g/mol. The number of anilines is 1. The Kier molecular flexibility index (Phi) is 3.52. The second kappa shape index (κ2) is 5.27. The number of pyridine rings is 1. The summed E-state index contributed by atoms with van der Waals surface area (Å²) in [6, 6.07) is 9.62. The van der Waals surface area contributed by atoms with Crippen LogP contribution in [0.2, 0.25) is 0 Å². The molecule has 1 N–H and O–H groups in total. The van der Waals surface area contributed by atoms with Crippen molar-refractivity contribution in [3.8, 4) is 0 Å². The molecule has 5 heteroatoms. The molecule has 1 aromatic carbocycles. The van der Waals surface area contributed by atoms with Gasteiger partial charge in [0.15, 0.2) is 0 Å². The molecule has 1 heterocycles. The van der Waals surface area contributed by atoms with E-state index in [0.29, 0.717) is 12.2 Å². The smallest absolute Gasteiger partial charge is 0.310 e. The van der Waals surface area contributed by atoms with Crippen LogP contribution < -0.4 is 5.32 Å². The fraction of sp³-hybridized carbons (Fsp3) is 0.154. The number of hydrogen-bond donors (Lipinski definition) is 1. The Morgan fingerprint density at radius 1 is 1.28 bits per heavy atom. The van der Waals surface area contributed by atoms with Crippen LogP contribution in [0.1, 0.15) is 11.1 Å². The van der Waals surface area contributed by atoms with Crippen LogP contribution in [0.4, 0.5) is 11.4 Å². The molecule has 2 aromatic rings. The Balaban J connectivity index is 2.10. The minimum Gasteiger partial charge on any atom is -0.375 e. The molecule has 2 rings (SSSR count). The van der Waals surface area contributed by atoms with Crippen molar-refractivity contribution in [1.29, 1.82) is 0 Å². The van der Waals surface area contributed by atoms with Crippen molar-refractivity contribution in [2.75, 3.05) is 5.32 Å². The molecule has 0 aliphatic rings. The van der Waals surface area contributed by atoms with E-state index in [4.69, 9.17) is 0 Å². The lowest BCUT2D eigenvalue weighted by molar-refractivity contribution is -0.384. The Labute approximate surface area is 105 Å². The third kappa shape index (κ3) is 2.82. The molecule has 1 aromatic heterocycles. The molecule has 0 bridgehead atoms. The van der Waals surface area contributed by atoms with Crippen LogP contribution in [-0.2, 0) is 6.54 Å². The third-order valence-electron chi connectivity index (χ3n) is 2.60. The first-order valence-electron chi connectivity index (χ1n) is 5.54. The summed E-state index contributed by atoms with van der Waals surface area (Å²) in [7, 11) is 0. The highest BCUT2D eigenvalue weighted by molar-refractivity contribution is 5.59. The van der Waals surface area contributed by atoms with Crippen LogP contribution in [0.15, 0.2) is 42.7 Å². The summed E-state index contributed by atoms with van der Waals surface area (Å²) >= 11 is 0.